The van der Waals surface area contributed by atoms with Gasteiger partial charge in [-0.05, 0) is 12.3 Å². The van der Waals surface area contributed by atoms with Crippen molar-refractivity contribution in [1.82, 2.24) is 9.97 Å². The van der Waals surface area contributed by atoms with E-state index in [0.717, 1.165) is 5.82 Å². The second-order valence-corrected chi connectivity index (χ2v) is 5.18. The molecule has 0 N–H and O–H groups in total. The van der Waals surface area contributed by atoms with Crippen molar-refractivity contribution < 1.29 is 0 Å². The molecule has 0 saturated carbocycles. The zero-order valence-corrected chi connectivity index (χ0v) is 10.7. The van der Waals surface area contributed by atoms with E-state index < -0.39 is 0 Å². The van der Waals surface area contributed by atoms with Crippen LogP contribution in [0.2, 0.25) is 5.15 Å². The maximum Gasteiger partial charge on any atom is 0.171 e. The molecule has 3 nitrogen and oxygen atoms in total. The van der Waals surface area contributed by atoms with E-state index in [9.17, 15) is 0 Å². The smallest absolute Gasteiger partial charge is 0.171 e. The Bertz CT molecular complexity index is 333. The molecule has 0 aliphatic heterocycles. The molecule has 1 aromatic heterocycles. The van der Waals surface area contributed by atoms with Crippen molar-refractivity contribution in [3.05, 3.63) is 17.5 Å². The van der Waals surface area contributed by atoms with Gasteiger partial charge in [-0.1, -0.05) is 32.4 Å². The average Bonchev–Trinajstić information content (AvgIpc) is 2.15. The highest BCUT2D eigenvalue weighted by Crippen LogP contribution is 2.28. The van der Waals surface area contributed by atoms with Crippen molar-refractivity contribution in [2.45, 2.75) is 33.7 Å². The number of hydrogen-bond donors (Lipinski definition) is 0. The van der Waals surface area contributed by atoms with Crippen molar-refractivity contribution in [3.8, 4) is 0 Å². The lowest BCUT2D eigenvalue weighted by Gasteiger charge is -2.36. The van der Waals surface area contributed by atoms with Crippen molar-refractivity contribution >= 4 is 17.4 Å². The molecule has 4 heteroatoms. The highest BCUT2D eigenvalue weighted by molar-refractivity contribution is 6.31. The molecule has 84 valence electrons. The van der Waals surface area contributed by atoms with E-state index in [1.54, 1.807) is 12.4 Å². The molecule has 1 unspecified atom stereocenters. The molecule has 0 aliphatic carbocycles. The lowest BCUT2D eigenvalue weighted by atomic mass is 9.87. The maximum atomic E-state index is 6.00. The zero-order valence-electron chi connectivity index (χ0n) is 9.95. The van der Waals surface area contributed by atoms with E-state index in [2.05, 4.69) is 42.6 Å². The second kappa shape index (κ2) is 4.35. The monoisotopic (exact) mass is 227 g/mol. The van der Waals surface area contributed by atoms with Crippen molar-refractivity contribution in [2.75, 3.05) is 11.9 Å². The van der Waals surface area contributed by atoms with Crippen LogP contribution in [0.3, 0.4) is 0 Å². The highest BCUT2D eigenvalue weighted by Gasteiger charge is 2.25. The molecule has 1 rings (SSSR count). The summed E-state index contributed by atoms with van der Waals surface area (Å²) in [6.07, 6.45) is 3.26. The van der Waals surface area contributed by atoms with Gasteiger partial charge in [0.05, 0.1) is 0 Å². The third-order valence-electron chi connectivity index (χ3n) is 2.80. The Kier molecular flexibility index (Phi) is 3.55. The van der Waals surface area contributed by atoms with E-state index in [1.807, 2.05) is 7.05 Å². The molecule has 0 aromatic carbocycles. The van der Waals surface area contributed by atoms with Crippen LogP contribution in [0.1, 0.15) is 27.7 Å². The Morgan fingerprint density at radius 1 is 1.27 bits per heavy atom. The fourth-order valence-electron chi connectivity index (χ4n) is 1.31. The van der Waals surface area contributed by atoms with Gasteiger partial charge in [-0.2, -0.15) is 0 Å². The Hall–Kier alpha value is -0.830. The minimum Gasteiger partial charge on any atom is -0.354 e. The van der Waals surface area contributed by atoms with E-state index in [1.165, 1.54) is 0 Å². The molecule has 1 atom stereocenters. The molecule has 0 bridgehead atoms. The van der Waals surface area contributed by atoms with Gasteiger partial charge in [-0.15, -0.1) is 0 Å². The van der Waals surface area contributed by atoms with E-state index in [-0.39, 0.29) is 5.41 Å². The summed E-state index contributed by atoms with van der Waals surface area (Å²) < 4.78 is 0. The zero-order chi connectivity index (χ0) is 11.6. The van der Waals surface area contributed by atoms with Gasteiger partial charge in [0, 0.05) is 25.5 Å². The number of halogens is 1. The summed E-state index contributed by atoms with van der Waals surface area (Å²) in [6, 6.07) is 0.340. The first-order valence-electron chi connectivity index (χ1n) is 5.03. The van der Waals surface area contributed by atoms with Crippen molar-refractivity contribution in [2.24, 2.45) is 5.41 Å². The highest BCUT2D eigenvalue weighted by atomic mass is 35.5. The van der Waals surface area contributed by atoms with Gasteiger partial charge in [0.2, 0.25) is 0 Å². The Balaban J connectivity index is 2.95. The predicted molar refractivity (Wildman–Crippen MR) is 64.4 cm³/mol. The van der Waals surface area contributed by atoms with Crippen LogP contribution in [0.4, 0.5) is 5.82 Å². The third kappa shape index (κ3) is 2.81. The Labute approximate surface area is 96.5 Å². The summed E-state index contributed by atoms with van der Waals surface area (Å²) in [5, 5.41) is 0.455. The number of hydrogen-bond acceptors (Lipinski definition) is 3. The maximum absolute atomic E-state index is 6.00. The lowest BCUT2D eigenvalue weighted by Crippen LogP contribution is -2.40. The molecule has 0 amide bonds. The normalized spacial score (nSPS) is 13.7. The topological polar surface area (TPSA) is 29.0 Å². The Morgan fingerprint density at radius 3 is 2.27 bits per heavy atom. The van der Waals surface area contributed by atoms with Crippen LogP contribution >= 0.6 is 11.6 Å². The van der Waals surface area contributed by atoms with Gasteiger partial charge in [-0.3, -0.25) is 0 Å². The van der Waals surface area contributed by atoms with Crippen LogP contribution < -0.4 is 4.90 Å². The molecule has 0 radical (unpaired) electrons. The van der Waals surface area contributed by atoms with E-state index in [0.29, 0.717) is 11.2 Å². The Morgan fingerprint density at radius 2 is 1.80 bits per heavy atom. The fraction of sp³-hybridized carbons (Fsp3) is 0.636. The molecular weight excluding hydrogens is 210 g/mol. The minimum absolute atomic E-state index is 0.176. The summed E-state index contributed by atoms with van der Waals surface area (Å²) in [7, 11) is 1.99. The van der Waals surface area contributed by atoms with Crippen LogP contribution in [0.15, 0.2) is 12.4 Å². The first-order valence-corrected chi connectivity index (χ1v) is 5.41. The average molecular weight is 228 g/mol. The van der Waals surface area contributed by atoms with Crippen LogP contribution in [-0.4, -0.2) is 23.1 Å². The standard InChI is InChI=1S/C11H18ClN3/c1-8(11(2,3)4)15(5)10-9(12)13-6-7-14-10/h6-8H,1-5H3. The first kappa shape index (κ1) is 12.2. The lowest BCUT2D eigenvalue weighted by molar-refractivity contribution is 0.328. The van der Waals surface area contributed by atoms with Crippen LogP contribution in [0, 0.1) is 5.41 Å². The minimum atomic E-state index is 0.176. The second-order valence-electron chi connectivity index (χ2n) is 4.82. The van der Waals surface area contributed by atoms with Crippen LogP contribution in [0.5, 0.6) is 0 Å². The number of rotatable bonds is 2. The predicted octanol–water partition coefficient (Wildman–Crippen LogP) is 3.00. The summed E-state index contributed by atoms with van der Waals surface area (Å²) in [4.78, 5) is 10.3. The molecule has 15 heavy (non-hydrogen) atoms. The molecule has 0 fully saturated rings. The molecule has 0 saturated heterocycles. The quantitative estimate of drug-likeness (QED) is 0.778. The number of nitrogens with zero attached hydrogens (tertiary/aromatic N) is 3. The number of anilines is 1. The first-order chi connectivity index (χ1) is 6.84. The van der Waals surface area contributed by atoms with Crippen molar-refractivity contribution in [1.29, 1.82) is 0 Å². The van der Waals surface area contributed by atoms with Crippen LogP contribution in [-0.2, 0) is 0 Å². The van der Waals surface area contributed by atoms with Gasteiger partial charge in [0.15, 0.2) is 11.0 Å². The van der Waals surface area contributed by atoms with E-state index >= 15 is 0 Å². The summed E-state index contributed by atoms with van der Waals surface area (Å²) in [5.41, 5.74) is 0.176. The molecular formula is C11H18ClN3. The summed E-state index contributed by atoms with van der Waals surface area (Å²) in [6.45, 7) is 8.74. The molecule has 1 aromatic rings. The SMILES string of the molecule is CC(N(C)c1nccnc1Cl)C(C)(C)C. The number of aromatic nitrogens is 2. The third-order valence-corrected chi connectivity index (χ3v) is 3.07. The van der Waals surface area contributed by atoms with Gasteiger partial charge in [-0.25, -0.2) is 9.97 Å². The van der Waals surface area contributed by atoms with Gasteiger partial charge >= 0.3 is 0 Å². The molecule has 1 heterocycles. The molecule has 0 aliphatic rings. The fourth-order valence-corrected chi connectivity index (χ4v) is 1.55. The largest absolute Gasteiger partial charge is 0.354 e. The summed E-state index contributed by atoms with van der Waals surface area (Å²) >= 11 is 6.00. The van der Waals surface area contributed by atoms with Gasteiger partial charge in [0.1, 0.15) is 0 Å². The summed E-state index contributed by atoms with van der Waals surface area (Å²) in [5.74, 6) is 0.738. The van der Waals surface area contributed by atoms with Crippen LogP contribution in [0.25, 0.3) is 0 Å². The van der Waals surface area contributed by atoms with Gasteiger partial charge in [0.25, 0.3) is 0 Å². The van der Waals surface area contributed by atoms with E-state index in [4.69, 9.17) is 11.6 Å². The molecule has 0 spiro atoms. The van der Waals surface area contributed by atoms with Gasteiger partial charge < -0.3 is 4.90 Å². The van der Waals surface area contributed by atoms with Crippen molar-refractivity contribution in [3.63, 3.8) is 0 Å².